The Hall–Kier alpha value is -2.77. The fraction of sp³-hybridized carbons (Fsp3) is 0.143. The maximum absolute atomic E-state index is 12.2. The minimum atomic E-state index is -4.77. The van der Waals surface area contributed by atoms with Gasteiger partial charge in [-0.2, -0.15) is 0 Å². The third-order valence-electron chi connectivity index (χ3n) is 2.48. The summed E-state index contributed by atoms with van der Waals surface area (Å²) < 4.78 is 49.6. The lowest BCUT2D eigenvalue weighted by molar-refractivity contribution is -0.274. The van der Waals surface area contributed by atoms with Crippen molar-refractivity contribution in [3.05, 3.63) is 42.7 Å². The summed E-state index contributed by atoms with van der Waals surface area (Å²) in [7, 11) is 1.15. The topological polar surface area (TPSA) is 57.7 Å². The van der Waals surface area contributed by atoms with Crippen molar-refractivity contribution in [3.63, 3.8) is 0 Å². The number of rotatable bonds is 3. The van der Waals surface area contributed by atoms with E-state index in [4.69, 9.17) is 4.74 Å². The molecule has 0 bridgehead atoms. The molecular weight excluding hydrogens is 303 g/mol. The number of hydrogen-bond acceptors (Lipinski definition) is 5. The number of carbonyl (C=O) groups excluding carboxylic acids is 1. The maximum atomic E-state index is 12.2. The van der Waals surface area contributed by atoms with E-state index in [9.17, 15) is 18.0 Å². The molecule has 22 heavy (non-hydrogen) atoms. The number of aromatic nitrogens is 1. The van der Waals surface area contributed by atoms with Crippen molar-refractivity contribution in [3.8, 4) is 22.6 Å². The molecule has 0 N–H and O–H groups in total. The molecule has 0 aliphatic heterocycles. The van der Waals surface area contributed by atoms with Gasteiger partial charge in [0.25, 0.3) is 0 Å². The summed E-state index contributed by atoms with van der Waals surface area (Å²) >= 11 is 0. The summed E-state index contributed by atoms with van der Waals surface area (Å²) in [5.41, 5.74) is 0.874. The van der Waals surface area contributed by atoms with Gasteiger partial charge in [0.05, 0.1) is 13.3 Å². The van der Waals surface area contributed by atoms with Gasteiger partial charge in [-0.15, -0.1) is 13.2 Å². The molecular formula is C14H10F3NO4. The molecule has 1 heterocycles. The molecule has 1 aromatic carbocycles. The van der Waals surface area contributed by atoms with Crippen LogP contribution in [0.4, 0.5) is 18.0 Å². The van der Waals surface area contributed by atoms with Crippen molar-refractivity contribution in [2.45, 2.75) is 6.36 Å². The summed E-state index contributed by atoms with van der Waals surface area (Å²) in [4.78, 5) is 14.9. The van der Waals surface area contributed by atoms with Crippen LogP contribution in [0.2, 0.25) is 0 Å². The number of halogens is 3. The van der Waals surface area contributed by atoms with Gasteiger partial charge < -0.3 is 14.2 Å². The molecule has 0 unspecified atom stereocenters. The Balaban J connectivity index is 2.26. The molecule has 0 amide bonds. The number of alkyl halides is 3. The standard InChI is InChI=1S/C14H10F3NO4/c1-20-13(19)21-12-6-10(7-18-8-12)9-3-2-4-11(5-9)22-14(15,16)17/h2-8H,1H3. The van der Waals surface area contributed by atoms with Crippen LogP contribution < -0.4 is 9.47 Å². The van der Waals surface area contributed by atoms with E-state index in [-0.39, 0.29) is 11.5 Å². The van der Waals surface area contributed by atoms with E-state index < -0.39 is 12.5 Å². The van der Waals surface area contributed by atoms with Crippen molar-refractivity contribution < 1.29 is 32.2 Å². The van der Waals surface area contributed by atoms with Gasteiger partial charge in [-0.25, -0.2) is 4.79 Å². The van der Waals surface area contributed by atoms with Crippen LogP contribution in [0.15, 0.2) is 42.7 Å². The quantitative estimate of drug-likeness (QED) is 0.807. The zero-order valence-corrected chi connectivity index (χ0v) is 11.3. The highest BCUT2D eigenvalue weighted by molar-refractivity contribution is 5.68. The molecule has 0 aliphatic rings. The zero-order valence-electron chi connectivity index (χ0n) is 11.3. The van der Waals surface area contributed by atoms with Crippen molar-refractivity contribution in [2.24, 2.45) is 0 Å². The minimum absolute atomic E-state index is 0.103. The third-order valence-corrected chi connectivity index (χ3v) is 2.48. The number of nitrogens with zero attached hydrogens (tertiary/aromatic N) is 1. The second-order valence-electron chi connectivity index (χ2n) is 4.04. The summed E-state index contributed by atoms with van der Waals surface area (Å²) in [6, 6.07) is 6.80. The van der Waals surface area contributed by atoms with E-state index in [0.29, 0.717) is 11.1 Å². The maximum Gasteiger partial charge on any atom is 0.573 e. The van der Waals surface area contributed by atoms with E-state index in [1.54, 1.807) is 6.07 Å². The lowest BCUT2D eigenvalue weighted by atomic mass is 10.1. The highest BCUT2D eigenvalue weighted by Crippen LogP contribution is 2.29. The molecule has 0 spiro atoms. The Morgan fingerprint density at radius 3 is 2.50 bits per heavy atom. The van der Waals surface area contributed by atoms with Gasteiger partial charge in [0.1, 0.15) is 5.75 Å². The fourth-order valence-electron chi connectivity index (χ4n) is 1.64. The van der Waals surface area contributed by atoms with Gasteiger partial charge >= 0.3 is 12.5 Å². The van der Waals surface area contributed by atoms with Gasteiger partial charge in [-0.1, -0.05) is 12.1 Å². The lowest BCUT2D eigenvalue weighted by Gasteiger charge is -2.10. The monoisotopic (exact) mass is 313 g/mol. The van der Waals surface area contributed by atoms with Crippen LogP contribution in [-0.2, 0) is 4.74 Å². The number of hydrogen-bond donors (Lipinski definition) is 0. The number of carbonyl (C=O) groups is 1. The molecule has 0 aliphatic carbocycles. The molecule has 8 heteroatoms. The Morgan fingerprint density at radius 2 is 1.82 bits per heavy atom. The van der Waals surface area contributed by atoms with E-state index in [0.717, 1.165) is 7.11 Å². The molecule has 5 nitrogen and oxygen atoms in total. The first-order valence-electron chi connectivity index (χ1n) is 5.94. The third kappa shape index (κ3) is 4.37. The average Bonchev–Trinajstić information content (AvgIpc) is 2.46. The molecule has 2 rings (SSSR count). The highest BCUT2D eigenvalue weighted by atomic mass is 19.4. The van der Waals surface area contributed by atoms with E-state index in [1.807, 2.05) is 0 Å². The van der Waals surface area contributed by atoms with Crippen molar-refractivity contribution in [1.29, 1.82) is 0 Å². The smallest absolute Gasteiger partial charge is 0.437 e. The van der Waals surface area contributed by atoms with Crippen LogP contribution in [0.1, 0.15) is 0 Å². The van der Waals surface area contributed by atoms with E-state index in [2.05, 4.69) is 14.5 Å². The normalized spacial score (nSPS) is 10.9. The van der Waals surface area contributed by atoms with Crippen molar-refractivity contribution in [1.82, 2.24) is 4.98 Å². The SMILES string of the molecule is COC(=O)Oc1cncc(-c2cccc(OC(F)(F)F)c2)c1. The molecule has 0 saturated heterocycles. The Kier molecular flexibility index (Phi) is 4.50. The molecule has 0 radical (unpaired) electrons. The van der Waals surface area contributed by atoms with Crippen LogP contribution in [-0.4, -0.2) is 24.6 Å². The van der Waals surface area contributed by atoms with Gasteiger partial charge in [0.15, 0.2) is 5.75 Å². The summed E-state index contributed by atoms with van der Waals surface area (Å²) in [5.74, 6) is -0.254. The fourth-order valence-corrected chi connectivity index (χ4v) is 1.64. The van der Waals surface area contributed by atoms with Crippen LogP contribution in [0, 0.1) is 0 Å². The summed E-state index contributed by atoms with van der Waals surface area (Å²) in [5, 5.41) is 0. The first kappa shape index (κ1) is 15.6. The van der Waals surface area contributed by atoms with Crippen LogP contribution in [0.3, 0.4) is 0 Å². The van der Waals surface area contributed by atoms with Crippen LogP contribution >= 0.6 is 0 Å². The Morgan fingerprint density at radius 1 is 1.09 bits per heavy atom. The van der Waals surface area contributed by atoms with Crippen molar-refractivity contribution in [2.75, 3.05) is 7.11 Å². The Labute approximate surface area is 123 Å². The number of pyridine rings is 1. The first-order chi connectivity index (χ1) is 10.4. The highest BCUT2D eigenvalue weighted by Gasteiger charge is 2.31. The second-order valence-corrected chi connectivity index (χ2v) is 4.04. The first-order valence-corrected chi connectivity index (χ1v) is 5.94. The average molecular weight is 313 g/mol. The largest absolute Gasteiger partial charge is 0.573 e. The molecule has 1 aromatic heterocycles. The summed E-state index contributed by atoms with van der Waals surface area (Å²) in [6.07, 6.45) is -3.01. The molecule has 0 saturated carbocycles. The number of methoxy groups -OCH3 is 1. The van der Waals surface area contributed by atoms with E-state index in [1.165, 1.54) is 36.7 Å². The zero-order chi connectivity index (χ0) is 16.2. The van der Waals surface area contributed by atoms with Crippen molar-refractivity contribution >= 4 is 6.16 Å². The number of ether oxygens (including phenoxy) is 3. The predicted molar refractivity (Wildman–Crippen MR) is 69.4 cm³/mol. The second kappa shape index (κ2) is 6.33. The van der Waals surface area contributed by atoms with Gasteiger partial charge in [0.2, 0.25) is 0 Å². The molecule has 2 aromatic rings. The van der Waals surface area contributed by atoms with Crippen LogP contribution in [0.5, 0.6) is 11.5 Å². The minimum Gasteiger partial charge on any atom is -0.437 e. The lowest BCUT2D eigenvalue weighted by Crippen LogP contribution is -2.17. The number of benzene rings is 1. The molecule has 116 valence electrons. The Bertz CT molecular complexity index is 673. The van der Waals surface area contributed by atoms with Gasteiger partial charge in [-0.3, -0.25) is 4.98 Å². The summed E-state index contributed by atoms with van der Waals surface area (Å²) in [6.45, 7) is 0. The molecule has 0 fully saturated rings. The van der Waals surface area contributed by atoms with Gasteiger partial charge in [0, 0.05) is 11.8 Å². The van der Waals surface area contributed by atoms with E-state index >= 15 is 0 Å². The molecule has 0 atom stereocenters. The van der Waals surface area contributed by atoms with Crippen LogP contribution in [0.25, 0.3) is 11.1 Å². The predicted octanol–water partition coefficient (Wildman–Crippen LogP) is 3.79. The van der Waals surface area contributed by atoms with Gasteiger partial charge in [-0.05, 0) is 23.8 Å².